The molecule has 0 saturated carbocycles. The Bertz CT molecular complexity index is 450. The van der Waals surface area contributed by atoms with Gasteiger partial charge in [0.2, 0.25) is 0 Å². The molecule has 19 heavy (non-hydrogen) atoms. The fraction of sp³-hybridized carbons (Fsp3) is 0.500. The molecule has 1 amide bonds. The smallest absolute Gasteiger partial charge is 0.251 e. The SMILES string of the molecule is CC1(CNC(=O)c2cc(Cl)cc(Cl)c2)CCNCC1. The predicted molar refractivity (Wildman–Crippen MR) is 79.0 cm³/mol. The molecule has 104 valence electrons. The quantitative estimate of drug-likeness (QED) is 0.900. The number of rotatable bonds is 3. The van der Waals surface area contributed by atoms with Crippen molar-refractivity contribution < 1.29 is 4.79 Å². The van der Waals surface area contributed by atoms with Crippen LogP contribution in [0.25, 0.3) is 0 Å². The standard InChI is InChI=1S/C14H18Cl2N2O/c1-14(2-4-17-5-3-14)9-18-13(19)10-6-11(15)8-12(16)7-10/h6-8,17H,2-5,9H2,1H3,(H,18,19). The second-order valence-electron chi connectivity index (χ2n) is 5.40. The molecule has 1 fully saturated rings. The van der Waals surface area contributed by atoms with Crippen molar-refractivity contribution >= 4 is 29.1 Å². The van der Waals surface area contributed by atoms with E-state index in [0.717, 1.165) is 25.9 Å². The van der Waals surface area contributed by atoms with Crippen LogP contribution in [0.3, 0.4) is 0 Å². The average Bonchev–Trinajstić information content (AvgIpc) is 2.36. The van der Waals surface area contributed by atoms with Crippen molar-refractivity contribution in [2.24, 2.45) is 5.41 Å². The van der Waals surface area contributed by atoms with Crippen molar-refractivity contribution in [1.82, 2.24) is 10.6 Å². The summed E-state index contributed by atoms with van der Waals surface area (Å²) in [5.41, 5.74) is 0.679. The van der Waals surface area contributed by atoms with Gasteiger partial charge in [-0.25, -0.2) is 0 Å². The molecule has 1 aromatic carbocycles. The van der Waals surface area contributed by atoms with Gasteiger partial charge < -0.3 is 10.6 Å². The van der Waals surface area contributed by atoms with Crippen LogP contribution >= 0.6 is 23.2 Å². The summed E-state index contributed by atoms with van der Waals surface area (Å²) < 4.78 is 0. The second-order valence-corrected chi connectivity index (χ2v) is 6.27. The third-order valence-electron chi connectivity index (χ3n) is 3.61. The summed E-state index contributed by atoms with van der Waals surface area (Å²) in [4.78, 5) is 12.1. The lowest BCUT2D eigenvalue weighted by atomic mass is 9.81. The van der Waals surface area contributed by atoms with E-state index >= 15 is 0 Å². The number of piperidine rings is 1. The first-order chi connectivity index (χ1) is 8.98. The summed E-state index contributed by atoms with van der Waals surface area (Å²) in [6.07, 6.45) is 2.15. The highest BCUT2D eigenvalue weighted by Crippen LogP contribution is 2.27. The Hall–Kier alpha value is -0.770. The van der Waals surface area contributed by atoms with Crippen LogP contribution in [-0.4, -0.2) is 25.5 Å². The molecular weight excluding hydrogens is 283 g/mol. The van der Waals surface area contributed by atoms with Gasteiger partial charge in [-0.2, -0.15) is 0 Å². The molecule has 0 bridgehead atoms. The zero-order chi connectivity index (χ0) is 13.9. The molecule has 0 radical (unpaired) electrons. The Morgan fingerprint density at radius 1 is 1.26 bits per heavy atom. The molecule has 2 rings (SSSR count). The van der Waals surface area contributed by atoms with Gasteiger partial charge in [0.15, 0.2) is 0 Å². The number of hydrogen-bond acceptors (Lipinski definition) is 2. The largest absolute Gasteiger partial charge is 0.351 e. The number of carbonyl (C=O) groups is 1. The average molecular weight is 301 g/mol. The Balaban J connectivity index is 1.97. The fourth-order valence-corrected chi connectivity index (χ4v) is 2.81. The summed E-state index contributed by atoms with van der Waals surface area (Å²) in [5.74, 6) is -0.121. The van der Waals surface area contributed by atoms with E-state index in [1.54, 1.807) is 18.2 Å². The monoisotopic (exact) mass is 300 g/mol. The van der Waals surface area contributed by atoms with Crippen LogP contribution in [0.2, 0.25) is 10.0 Å². The minimum absolute atomic E-state index is 0.121. The molecule has 2 N–H and O–H groups in total. The molecule has 0 atom stereocenters. The summed E-state index contributed by atoms with van der Waals surface area (Å²) in [5, 5.41) is 7.26. The van der Waals surface area contributed by atoms with Gasteiger partial charge >= 0.3 is 0 Å². The maximum atomic E-state index is 12.1. The first-order valence-electron chi connectivity index (χ1n) is 6.44. The highest BCUT2D eigenvalue weighted by molar-refractivity contribution is 6.35. The molecule has 5 heteroatoms. The molecule has 1 aliphatic rings. The van der Waals surface area contributed by atoms with Crippen LogP contribution in [-0.2, 0) is 0 Å². The number of nitrogens with one attached hydrogen (secondary N) is 2. The van der Waals surface area contributed by atoms with Crippen LogP contribution in [0.15, 0.2) is 18.2 Å². The number of halogens is 2. The van der Waals surface area contributed by atoms with Gasteiger partial charge in [-0.05, 0) is 49.5 Å². The van der Waals surface area contributed by atoms with Crippen LogP contribution in [0.5, 0.6) is 0 Å². The van der Waals surface area contributed by atoms with Crippen molar-refractivity contribution in [2.75, 3.05) is 19.6 Å². The van der Waals surface area contributed by atoms with Gasteiger partial charge in [0.05, 0.1) is 0 Å². The molecule has 0 unspecified atom stereocenters. The Morgan fingerprint density at radius 3 is 2.42 bits per heavy atom. The van der Waals surface area contributed by atoms with Crippen molar-refractivity contribution in [3.8, 4) is 0 Å². The first-order valence-corrected chi connectivity index (χ1v) is 7.19. The highest BCUT2D eigenvalue weighted by atomic mass is 35.5. The third kappa shape index (κ3) is 4.10. The highest BCUT2D eigenvalue weighted by Gasteiger charge is 2.27. The summed E-state index contributed by atoms with van der Waals surface area (Å²) in [6, 6.07) is 4.88. The van der Waals surface area contributed by atoms with Gasteiger partial charge in [-0.15, -0.1) is 0 Å². The minimum atomic E-state index is -0.121. The first kappa shape index (κ1) is 14.6. The maximum absolute atomic E-state index is 12.1. The molecule has 0 spiro atoms. The maximum Gasteiger partial charge on any atom is 0.251 e. The van der Waals surface area contributed by atoms with E-state index in [1.807, 2.05) is 0 Å². The minimum Gasteiger partial charge on any atom is -0.351 e. The van der Waals surface area contributed by atoms with Crippen LogP contribution < -0.4 is 10.6 Å². The zero-order valence-electron chi connectivity index (χ0n) is 10.9. The second kappa shape index (κ2) is 6.12. The van der Waals surface area contributed by atoms with Gasteiger partial charge in [0.25, 0.3) is 5.91 Å². The summed E-state index contributed by atoms with van der Waals surface area (Å²) in [6.45, 7) is 4.90. The van der Waals surface area contributed by atoms with Gasteiger partial charge in [-0.1, -0.05) is 30.1 Å². The molecule has 1 aromatic rings. The van der Waals surface area contributed by atoms with E-state index in [1.165, 1.54) is 0 Å². The third-order valence-corrected chi connectivity index (χ3v) is 4.05. The Morgan fingerprint density at radius 2 is 1.84 bits per heavy atom. The van der Waals surface area contributed by atoms with Crippen LogP contribution in [0.4, 0.5) is 0 Å². The lowest BCUT2D eigenvalue weighted by Gasteiger charge is -2.34. The predicted octanol–water partition coefficient (Wildman–Crippen LogP) is 3.11. The van der Waals surface area contributed by atoms with Crippen LogP contribution in [0.1, 0.15) is 30.1 Å². The number of hydrogen-bond donors (Lipinski definition) is 2. The Kier molecular flexibility index (Phi) is 4.71. The van der Waals surface area contributed by atoms with Crippen molar-refractivity contribution in [1.29, 1.82) is 0 Å². The van der Waals surface area contributed by atoms with Crippen molar-refractivity contribution in [3.05, 3.63) is 33.8 Å². The topological polar surface area (TPSA) is 41.1 Å². The Labute approximate surface area is 123 Å². The van der Waals surface area contributed by atoms with E-state index in [2.05, 4.69) is 17.6 Å². The van der Waals surface area contributed by atoms with Gasteiger partial charge in [0, 0.05) is 22.2 Å². The van der Waals surface area contributed by atoms with E-state index in [0.29, 0.717) is 22.2 Å². The molecule has 3 nitrogen and oxygen atoms in total. The number of amides is 1. The molecule has 0 aromatic heterocycles. The van der Waals surface area contributed by atoms with Gasteiger partial charge in [0.1, 0.15) is 0 Å². The molecule has 1 saturated heterocycles. The van der Waals surface area contributed by atoms with E-state index in [4.69, 9.17) is 23.2 Å². The zero-order valence-corrected chi connectivity index (χ0v) is 12.4. The summed E-state index contributed by atoms with van der Waals surface area (Å²) >= 11 is 11.8. The molecule has 1 aliphatic heterocycles. The molecule has 1 heterocycles. The lowest BCUT2D eigenvalue weighted by molar-refractivity contribution is 0.0922. The summed E-state index contributed by atoms with van der Waals surface area (Å²) in [7, 11) is 0. The normalized spacial score (nSPS) is 18.1. The van der Waals surface area contributed by atoms with E-state index in [-0.39, 0.29) is 11.3 Å². The van der Waals surface area contributed by atoms with Crippen molar-refractivity contribution in [3.63, 3.8) is 0 Å². The number of carbonyl (C=O) groups excluding carboxylic acids is 1. The fourth-order valence-electron chi connectivity index (χ4n) is 2.29. The van der Waals surface area contributed by atoms with E-state index < -0.39 is 0 Å². The van der Waals surface area contributed by atoms with Gasteiger partial charge in [-0.3, -0.25) is 4.79 Å². The van der Waals surface area contributed by atoms with Crippen molar-refractivity contribution in [2.45, 2.75) is 19.8 Å². The molecular formula is C14H18Cl2N2O. The lowest BCUT2D eigenvalue weighted by Crippen LogP contribution is -2.42. The van der Waals surface area contributed by atoms with E-state index in [9.17, 15) is 4.79 Å². The van der Waals surface area contributed by atoms with Crippen LogP contribution in [0, 0.1) is 5.41 Å². The number of benzene rings is 1. The molecule has 0 aliphatic carbocycles.